The van der Waals surface area contributed by atoms with Gasteiger partial charge in [0.15, 0.2) is 0 Å². The number of hydrogen-bond donors (Lipinski definition) is 1. The number of hydrogen-bond acceptors (Lipinski definition) is 2. The van der Waals surface area contributed by atoms with Gasteiger partial charge in [-0.05, 0) is 50.4 Å². The zero-order valence-corrected chi connectivity index (χ0v) is 14.7. The molecule has 4 aliphatic rings. The molecule has 3 amide bonds. The molecule has 1 N–H and O–H groups in total. The van der Waals surface area contributed by atoms with Crippen molar-refractivity contribution >= 4 is 11.9 Å². The number of urea groups is 1. The summed E-state index contributed by atoms with van der Waals surface area (Å²) in [6.07, 6.45) is 10.5. The number of likely N-dealkylation sites (tertiary alicyclic amines) is 2. The van der Waals surface area contributed by atoms with Crippen LogP contribution < -0.4 is 5.32 Å². The molecule has 5 nitrogen and oxygen atoms in total. The molecule has 0 unspecified atom stereocenters. The van der Waals surface area contributed by atoms with Crippen LogP contribution in [-0.4, -0.2) is 54.0 Å². The molecule has 3 atom stereocenters. The summed E-state index contributed by atoms with van der Waals surface area (Å²) < 4.78 is 0. The lowest BCUT2D eigenvalue weighted by atomic mass is 9.96. The third-order valence-electron chi connectivity index (χ3n) is 6.78. The van der Waals surface area contributed by atoms with Gasteiger partial charge < -0.3 is 15.1 Å². The number of carbonyl (C=O) groups is 2. The Bertz CT molecular complexity index is 477. The third kappa shape index (κ3) is 3.27. The van der Waals surface area contributed by atoms with Gasteiger partial charge in [-0.1, -0.05) is 19.3 Å². The highest BCUT2D eigenvalue weighted by molar-refractivity contribution is 5.81. The molecule has 2 heterocycles. The Kier molecular flexibility index (Phi) is 4.68. The first kappa shape index (κ1) is 16.2. The first-order chi connectivity index (χ1) is 11.7. The maximum absolute atomic E-state index is 12.9. The summed E-state index contributed by atoms with van der Waals surface area (Å²) >= 11 is 0. The summed E-state index contributed by atoms with van der Waals surface area (Å²) in [4.78, 5) is 29.4. The van der Waals surface area contributed by atoms with Gasteiger partial charge in [-0.3, -0.25) is 4.79 Å². The van der Waals surface area contributed by atoms with E-state index in [0.717, 1.165) is 57.2 Å². The molecule has 0 radical (unpaired) electrons. The molecule has 0 aromatic rings. The van der Waals surface area contributed by atoms with Crippen molar-refractivity contribution in [3.8, 4) is 0 Å². The van der Waals surface area contributed by atoms with Gasteiger partial charge in [0.1, 0.15) is 0 Å². The maximum atomic E-state index is 12.9. The summed E-state index contributed by atoms with van der Waals surface area (Å²) in [6, 6.07) is 0.407. The molecule has 2 saturated carbocycles. The molecule has 0 bridgehead atoms. The number of carbonyl (C=O) groups excluding carboxylic acids is 2. The molecule has 0 aromatic carbocycles. The topological polar surface area (TPSA) is 52.7 Å². The molecule has 4 fully saturated rings. The molecule has 2 saturated heterocycles. The number of fused-ring (bicyclic) bond motifs is 1. The van der Waals surface area contributed by atoms with Gasteiger partial charge >= 0.3 is 6.03 Å². The van der Waals surface area contributed by atoms with Gasteiger partial charge in [0.25, 0.3) is 0 Å². The Morgan fingerprint density at radius 1 is 0.750 bits per heavy atom. The molecular formula is C19H31N3O2. The highest BCUT2D eigenvalue weighted by Crippen LogP contribution is 2.38. The van der Waals surface area contributed by atoms with E-state index in [0.29, 0.717) is 18.5 Å². The lowest BCUT2D eigenvalue weighted by Crippen LogP contribution is -2.51. The number of nitrogens with zero attached hydrogens (tertiary/aromatic N) is 2. The molecule has 2 aliphatic heterocycles. The zero-order valence-electron chi connectivity index (χ0n) is 14.7. The average molecular weight is 333 g/mol. The zero-order chi connectivity index (χ0) is 16.5. The van der Waals surface area contributed by atoms with E-state index in [9.17, 15) is 9.59 Å². The van der Waals surface area contributed by atoms with Crippen LogP contribution in [0.15, 0.2) is 0 Å². The quantitative estimate of drug-likeness (QED) is 0.844. The van der Waals surface area contributed by atoms with E-state index >= 15 is 0 Å². The Morgan fingerprint density at radius 3 is 2.17 bits per heavy atom. The van der Waals surface area contributed by atoms with E-state index in [1.807, 2.05) is 4.90 Å². The van der Waals surface area contributed by atoms with Crippen molar-refractivity contribution in [3.63, 3.8) is 0 Å². The van der Waals surface area contributed by atoms with E-state index in [1.165, 1.54) is 32.1 Å². The normalized spacial score (nSPS) is 33.8. The number of amides is 3. The van der Waals surface area contributed by atoms with E-state index in [1.54, 1.807) is 0 Å². The van der Waals surface area contributed by atoms with Crippen molar-refractivity contribution < 1.29 is 9.59 Å². The molecule has 134 valence electrons. The smallest absolute Gasteiger partial charge is 0.317 e. The van der Waals surface area contributed by atoms with Gasteiger partial charge in [-0.15, -0.1) is 0 Å². The second-order valence-electron chi connectivity index (χ2n) is 8.41. The van der Waals surface area contributed by atoms with E-state index in [2.05, 4.69) is 10.2 Å². The highest BCUT2D eigenvalue weighted by atomic mass is 16.2. The number of piperidine rings is 1. The fraction of sp³-hybridized carbons (Fsp3) is 0.895. The van der Waals surface area contributed by atoms with Gasteiger partial charge in [0, 0.05) is 32.2 Å². The van der Waals surface area contributed by atoms with Crippen LogP contribution >= 0.6 is 0 Å². The lowest BCUT2D eigenvalue weighted by molar-refractivity contribution is -0.136. The molecule has 24 heavy (non-hydrogen) atoms. The Hall–Kier alpha value is -1.26. The number of rotatable bonds is 2. The SMILES string of the molecule is O=C(NC1CCCC1)N1CCC[C@H](C(=O)N2C[C@@H]3CCC[C@H]3C2)C1. The van der Waals surface area contributed by atoms with Crippen LogP contribution in [0.4, 0.5) is 4.79 Å². The van der Waals surface area contributed by atoms with Gasteiger partial charge in [-0.25, -0.2) is 4.79 Å². The van der Waals surface area contributed by atoms with E-state index in [-0.39, 0.29) is 11.9 Å². The van der Waals surface area contributed by atoms with Crippen LogP contribution in [0.25, 0.3) is 0 Å². The second-order valence-corrected chi connectivity index (χ2v) is 8.41. The van der Waals surface area contributed by atoms with Gasteiger partial charge in [0.05, 0.1) is 5.92 Å². The summed E-state index contributed by atoms with van der Waals surface area (Å²) in [6.45, 7) is 3.35. The number of nitrogens with one attached hydrogen (secondary N) is 1. The van der Waals surface area contributed by atoms with Crippen LogP contribution in [0.2, 0.25) is 0 Å². The standard InChI is InChI=1S/C19H31N3O2/c23-18(22-11-14-5-3-6-15(14)12-22)16-7-4-10-21(13-16)19(24)20-17-8-1-2-9-17/h14-17H,1-13H2,(H,20,24)/t14-,15-,16-/m0/s1. The fourth-order valence-corrected chi connectivity index (χ4v) is 5.37. The summed E-state index contributed by atoms with van der Waals surface area (Å²) in [5.74, 6) is 1.83. The highest BCUT2D eigenvalue weighted by Gasteiger charge is 2.40. The predicted octanol–water partition coefficient (Wildman–Crippen LogP) is 2.61. The monoisotopic (exact) mass is 333 g/mol. The first-order valence-electron chi connectivity index (χ1n) is 10.0. The van der Waals surface area contributed by atoms with Crippen LogP contribution in [0, 0.1) is 17.8 Å². The molecule has 5 heteroatoms. The fourth-order valence-electron chi connectivity index (χ4n) is 5.37. The largest absolute Gasteiger partial charge is 0.342 e. The van der Waals surface area contributed by atoms with E-state index < -0.39 is 0 Å². The Balaban J connectivity index is 1.31. The molecular weight excluding hydrogens is 302 g/mol. The molecule has 2 aliphatic carbocycles. The van der Waals surface area contributed by atoms with Crippen molar-refractivity contribution in [1.82, 2.24) is 15.1 Å². The van der Waals surface area contributed by atoms with Crippen LogP contribution in [-0.2, 0) is 4.79 Å². The first-order valence-corrected chi connectivity index (χ1v) is 10.0. The van der Waals surface area contributed by atoms with Gasteiger partial charge in [-0.2, -0.15) is 0 Å². The third-order valence-corrected chi connectivity index (χ3v) is 6.78. The second kappa shape index (κ2) is 6.93. The van der Waals surface area contributed by atoms with E-state index in [4.69, 9.17) is 0 Å². The average Bonchev–Trinajstić information content (AvgIpc) is 3.31. The van der Waals surface area contributed by atoms with Crippen molar-refractivity contribution in [2.24, 2.45) is 17.8 Å². The van der Waals surface area contributed by atoms with Crippen molar-refractivity contribution in [1.29, 1.82) is 0 Å². The minimum atomic E-state index is 0.0203. The van der Waals surface area contributed by atoms with Crippen molar-refractivity contribution in [2.75, 3.05) is 26.2 Å². The van der Waals surface area contributed by atoms with Crippen LogP contribution in [0.1, 0.15) is 57.8 Å². The summed E-state index contributed by atoms with van der Waals surface area (Å²) in [7, 11) is 0. The molecule has 0 spiro atoms. The van der Waals surface area contributed by atoms with Crippen LogP contribution in [0.3, 0.4) is 0 Å². The van der Waals surface area contributed by atoms with Gasteiger partial charge in [0.2, 0.25) is 5.91 Å². The Morgan fingerprint density at radius 2 is 1.46 bits per heavy atom. The summed E-state index contributed by atoms with van der Waals surface area (Å²) in [5, 5.41) is 3.17. The lowest BCUT2D eigenvalue weighted by Gasteiger charge is -2.34. The Labute approximate surface area is 145 Å². The minimum absolute atomic E-state index is 0.0203. The predicted molar refractivity (Wildman–Crippen MR) is 92.5 cm³/mol. The minimum Gasteiger partial charge on any atom is -0.342 e. The summed E-state index contributed by atoms with van der Waals surface area (Å²) in [5.41, 5.74) is 0. The van der Waals surface area contributed by atoms with Crippen molar-refractivity contribution in [3.05, 3.63) is 0 Å². The molecule has 0 aromatic heterocycles. The maximum Gasteiger partial charge on any atom is 0.317 e. The van der Waals surface area contributed by atoms with Crippen molar-refractivity contribution in [2.45, 2.75) is 63.8 Å². The molecule has 4 rings (SSSR count). The van der Waals surface area contributed by atoms with Crippen LogP contribution in [0.5, 0.6) is 0 Å².